The SMILES string of the molecule is Cc1cc(Nc2ccc(CN(CCCN3CCOCC3)C(=O)C=Cc3ccc(C(F)(F)F)cc3)cc2)ccn1. The number of morpholine rings is 1. The van der Waals surface area contributed by atoms with Crippen LogP contribution in [0.1, 0.15) is 28.8 Å². The molecule has 9 heteroatoms. The van der Waals surface area contributed by atoms with Crippen LogP contribution in [0, 0.1) is 6.92 Å². The van der Waals surface area contributed by atoms with Crippen molar-refractivity contribution >= 4 is 23.4 Å². The minimum absolute atomic E-state index is 0.189. The van der Waals surface area contributed by atoms with E-state index >= 15 is 0 Å². The second-order valence-corrected chi connectivity index (χ2v) is 9.53. The number of halogens is 3. The van der Waals surface area contributed by atoms with Gasteiger partial charge in [-0.3, -0.25) is 14.7 Å². The number of alkyl halides is 3. The molecule has 0 spiro atoms. The molecule has 2 heterocycles. The lowest BCUT2D eigenvalue weighted by molar-refractivity contribution is -0.137. The van der Waals surface area contributed by atoms with Gasteiger partial charge in [-0.2, -0.15) is 13.2 Å². The molecular weight excluding hydrogens is 505 g/mol. The maximum absolute atomic E-state index is 13.2. The molecule has 3 aromatic rings. The van der Waals surface area contributed by atoms with Crippen LogP contribution in [0.3, 0.4) is 0 Å². The Hall–Kier alpha value is -3.69. The van der Waals surface area contributed by atoms with Gasteiger partial charge in [-0.1, -0.05) is 24.3 Å². The predicted octanol–water partition coefficient (Wildman–Crippen LogP) is 5.92. The standard InChI is InChI=1S/C30H33F3N4O2/c1-23-21-28(13-14-34-23)35-27-10-5-25(6-11-27)22-37(16-2-15-36-17-19-39-20-18-36)29(38)12-7-24-3-8-26(9-4-24)30(31,32)33/h3-14,21H,2,15-20,22H2,1H3,(H,34,35). The summed E-state index contributed by atoms with van der Waals surface area (Å²) in [6.45, 7) is 6.99. The van der Waals surface area contributed by atoms with Crippen LogP contribution >= 0.6 is 0 Å². The van der Waals surface area contributed by atoms with Crippen LogP contribution in [-0.4, -0.2) is 60.1 Å². The van der Waals surface area contributed by atoms with Gasteiger partial charge in [-0.25, -0.2) is 0 Å². The van der Waals surface area contributed by atoms with Gasteiger partial charge >= 0.3 is 6.18 Å². The Morgan fingerprint density at radius 1 is 1.05 bits per heavy atom. The number of carbonyl (C=O) groups excluding carboxylic acids is 1. The van der Waals surface area contributed by atoms with Crippen molar-refractivity contribution in [3.63, 3.8) is 0 Å². The predicted molar refractivity (Wildman–Crippen MR) is 146 cm³/mol. The van der Waals surface area contributed by atoms with Crippen LogP contribution in [0.2, 0.25) is 0 Å². The van der Waals surface area contributed by atoms with E-state index in [0.717, 1.165) is 74.0 Å². The lowest BCUT2D eigenvalue weighted by atomic mass is 10.1. The molecule has 0 atom stereocenters. The molecule has 4 rings (SSSR count). The van der Waals surface area contributed by atoms with Crippen LogP contribution < -0.4 is 5.32 Å². The number of nitrogens with zero attached hydrogens (tertiary/aromatic N) is 3. The molecule has 0 saturated carbocycles. The van der Waals surface area contributed by atoms with Gasteiger partial charge in [0.25, 0.3) is 0 Å². The molecule has 6 nitrogen and oxygen atoms in total. The number of anilines is 2. The molecule has 1 aliphatic heterocycles. The molecule has 0 unspecified atom stereocenters. The number of pyridine rings is 1. The summed E-state index contributed by atoms with van der Waals surface area (Å²) in [5.74, 6) is -0.189. The first kappa shape index (κ1) is 28.3. The number of benzene rings is 2. The van der Waals surface area contributed by atoms with Gasteiger partial charge < -0.3 is 15.0 Å². The van der Waals surface area contributed by atoms with E-state index in [1.54, 1.807) is 17.2 Å². The first-order valence-corrected chi connectivity index (χ1v) is 13.0. The Kier molecular flexibility index (Phi) is 9.73. The Morgan fingerprint density at radius 3 is 2.44 bits per heavy atom. The summed E-state index contributed by atoms with van der Waals surface area (Å²) >= 11 is 0. The summed E-state index contributed by atoms with van der Waals surface area (Å²) in [6.07, 6.45) is 1.16. The number of nitrogens with one attached hydrogen (secondary N) is 1. The number of carbonyl (C=O) groups is 1. The van der Waals surface area contributed by atoms with Crippen molar-refractivity contribution in [1.29, 1.82) is 0 Å². The zero-order chi connectivity index (χ0) is 27.7. The zero-order valence-corrected chi connectivity index (χ0v) is 22.0. The molecule has 0 bridgehead atoms. The van der Waals surface area contributed by atoms with E-state index in [4.69, 9.17) is 4.74 Å². The van der Waals surface area contributed by atoms with Crippen molar-refractivity contribution in [1.82, 2.24) is 14.8 Å². The molecule has 1 aromatic heterocycles. The number of hydrogen-bond donors (Lipinski definition) is 1. The van der Waals surface area contributed by atoms with Crippen LogP contribution in [0.5, 0.6) is 0 Å². The quantitative estimate of drug-likeness (QED) is 0.325. The smallest absolute Gasteiger partial charge is 0.379 e. The van der Waals surface area contributed by atoms with Crippen LogP contribution in [0.4, 0.5) is 24.5 Å². The Morgan fingerprint density at radius 2 is 1.77 bits per heavy atom. The van der Waals surface area contributed by atoms with E-state index in [-0.39, 0.29) is 5.91 Å². The fourth-order valence-corrected chi connectivity index (χ4v) is 4.34. The normalized spacial score (nSPS) is 14.5. The minimum Gasteiger partial charge on any atom is -0.379 e. The number of amides is 1. The first-order valence-electron chi connectivity index (χ1n) is 13.0. The van der Waals surface area contributed by atoms with Gasteiger partial charge in [0.05, 0.1) is 18.8 Å². The van der Waals surface area contributed by atoms with Crippen LogP contribution in [-0.2, 0) is 22.3 Å². The average molecular weight is 539 g/mol. The number of aromatic nitrogens is 1. The molecule has 1 aliphatic rings. The summed E-state index contributed by atoms with van der Waals surface area (Å²) in [5.41, 5.74) is 3.60. The lowest BCUT2D eigenvalue weighted by Crippen LogP contribution is -2.38. The molecule has 1 amide bonds. The maximum atomic E-state index is 13.2. The molecule has 0 radical (unpaired) electrons. The molecule has 0 aliphatic carbocycles. The Bertz CT molecular complexity index is 1240. The highest BCUT2D eigenvalue weighted by Crippen LogP contribution is 2.29. The van der Waals surface area contributed by atoms with Crippen molar-refractivity contribution in [2.24, 2.45) is 0 Å². The van der Waals surface area contributed by atoms with Crippen molar-refractivity contribution < 1.29 is 22.7 Å². The molecule has 206 valence electrons. The summed E-state index contributed by atoms with van der Waals surface area (Å²) in [5, 5.41) is 3.35. The van der Waals surface area contributed by atoms with E-state index < -0.39 is 11.7 Å². The highest BCUT2D eigenvalue weighted by Gasteiger charge is 2.29. The minimum atomic E-state index is -4.39. The third-order valence-electron chi connectivity index (χ3n) is 6.49. The van der Waals surface area contributed by atoms with Gasteiger partial charge in [0.15, 0.2) is 0 Å². The summed E-state index contributed by atoms with van der Waals surface area (Å²) < 4.78 is 44.0. The number of aryl methyl sites for hydroxylation is 1. The van der Waals surface area contributed by atoms with Gasteiger partial charge in [0, 0.05) is 62.1 Å². The first-order chi connectivity index (χ1) is 18.8. The molecule has 1 fully saturated rings. The molecule has 1 N–H and O–H groups in total. The van der Waals surface area contributed by atoms with Crippen LogP contribution in [0.25, 0.3) is 6.08 Å². The van der Waals surface area contributed by atoms with E-state index in [2.05, 4.69) is 15.2 Å². The van der Waals surface area contributed by atoms with E-state index in [1.807, 2.05) is 43.3 Å². The second-order valence-electron chi connectivity index (χ2n) is 9.53. The summed E-state index contributed by atoms with van der Waals surface area (Å²) in [6, 6.07) is 16.6. The highest BCUT2D eigenvalue weighted by molar-refractivity contribution is 5.91. The van der Waals surface area contributed by atoms with Crippen molar-refractivity contribution in [2.45, 2.75) is 26.1 Å². The molecule has 39 heavy (non-hydrogen) atoms. The summed E-state index contributed by atoms with van der Waals surface area (Å²) in [4.78, 5) is 21.5. The summed E-state index contributed by atoms with van der Waals surface area (Å²) in [7, 11) is 0. The Balaban J connectivity index is 1.41. The zero-order valence-electron chi connectivity index (χ0n) is 22.0. The molecule has 2 aromatic carbocycles. The van der Waals surface area contributed by atoms with Crippen molar-refractivity contribution in [2.75, 3.05) is 44.7 Å². The fourth-order valence-electron chi connectivity index (χ4n) is 4.34. The highest BCUT2D eigenvalue weighted by atomic mass is 19.4. The van der Waals surface area contributed by atoms with E-state index in [9.17, 15) is 18.0 Å². The molecular formula is C30H33F3N4O2. The third kappa shape index (κ3) is 8.94. The van der Waals surface area contributed by atoms with E-state index in [1.165, 1.54) is 18.2 Å². The topological polar surface area (TPSA) is 57.7 Å². The number of rotatable bonds is 10. The number of hydrogen-bond acceptors (Lipinski definition) is 5. The monoisotopic (exact) mass is 538 g/mol. The van der Waals surface area contributed by atoms with Gasteiger partial charge in [0.2, 0.25) is 5.91 Å². The van der Waals surface area contributed by atoms with Crippen molar-refractivity contribution in [3.05, 3.63) is 95.3 Å². The fraction of sp³-hybridized carbons (Fsp3) is 0.333. The van der Waals surface area contributed by atoms with Gasteiger partial charge in [0.1, 0.15) is 0 Å². The van der Waals surface area contributed by atoms with E-state index in [0.29, 0.717) is 18.7 Å². The third-order valence-corrected chi connectivity index (χ3v) is 6.49. The van der Waals surface area contributed by atoms with Crippen LogP contribution in [0.15, 0.2) is 72.9 Å². The van der Waals surface area contributed by atoms with Gasteiger partial charge in [-0.05, 0) is 66.9 Å². The lowest BCUT2D eigenvalue weighted by Gasteiger charge is -2.28. The second kappa shape index (κ2) is 13.4. The Labute approximate surface area is 227 Å². The maximum Gasteiger partial charge on any atom is 0.416 e. The molecule has 1 saturated heterocycles. The average Bonchev–Trinajstić information content (AvgIpc) is 2.92. The number of ether oxygens (including phenoxy) is 1. The largest absolute Gasteiger partial charge is 0.416 e. The van der Waals surface area contributed by atoms with Gasteiger partial charge in [-0.15, -0.1) is 0 Å². The van der Waals surface area contributed by atoms with Crippen molar-refractivity contribution in [3.8, 4) is 0 Å².